The van der Waals surface area contributed by atoms with Crippen LogP contribution in [0.2, 0.25) is 0 Å². The first-order valence-corrected chi connectivity index (χ1v) is 32.1. The van der Waals surface area contributed by atoms with Gasteiger partial charge in [0, 0.05) is 6.42 Å². The first-order valence-electron chi connectivity index (χ1n) is 32.1. The third kappa shape index (κ3) is 57.6. The van der Waals surface area contributed by atoms with Crippen LogP contribution in [0.1, 0.15) is 367 Å². The Bertz CT molecular complexity index is 1010. The van der Waals surface area contributed by atoms with Gasteiger partial charge in [-0.25, -0.2) is 0 Å². The molecule has 410 valence electrons. The molecule has 0 aliphatic heterocycles. The predicted octanol–water partition coefficient (Wildman–Crippen LogP) is 21.4. The second kappa shape index (κ2) is 61.2. The fourth-order valence-corrected chi connectivity index (χ4v) is 10.3. The van der Waals surface area contributed by atoms with Crippen molar-refractivity contribution < 1.29 is 15.0 Å². The Morgan fingerprint density at radius 2 is 0.551 bits per heavy atom. The summed E-state index contributed by atoms with van der Waals surface area (Å²) in [4.78, 5) is 12.5. The lowest BCUT2D eigenvalue weighted by atomic mass is 10.0. The quantitative estimate of drug-likeness (QED) is 0.0420. The number of nitrogens with one attached hydrogen (secondary N) is 1. The number of unbranched alkanes of at least 4 members (excludes halogenated alkanes) is 51. The summed E-state index contributed by atoms with van der Waals surface area (Å²) in [6.07, 6.45) is 82.4. The molecule has 4 heteroatoms. The van der Waals surface area contributed by atoms with Crippen molar-refractivity contribution in [3.8, 4) is 0 Å². The smallest absolute Gasteiger partial charge is 0.220 e. The van der Waals surface area contributed by atoms with Gasteiger partial charge in [-0.05, 0) is 44.9 Å². The van der Waals surface area contributed by atoms with Gasteiger partial charge in [0.2, 0.25) is 5.91 Å². The second-order valence-corrected chi connectivity index (χ2v) is 22.2. The molecular formula is C65H127NO3. The molecule has 0 heterocycles. The highest BCUT2D eigenvalue weighted by Gasteiger charge is 2.18. The zero-order chi connectivity index (χ0) is 49.9. The predicted molar refractivity (Wildman–Crippen MR) is 309 cm³/mol. The van der Waals surface area contributed by atoms with E-state index >= 15 is 0 Å². The van der Waals surface area contributed by atoms with Crippen molar-refractivity contribution in [3.63, 3.8) is 0 Å². The highest BCUT2D eigenvalue weighted by Crippen LogP contribution is 2.18. The molecule has 0 bridgehead atoms. The minimum atomic E-state index is -0.838. The SMILES string of the molecule is CCCCCCCCCCCCCCCCCC/C=C\CCCCCCCCCCCCCCCCCCCC(=O)NC(CO)C(O)/C=C/CCCCCCCCCCCCCCCCCCCC. The molecule has 0 saturated heterocycles. The van der Waals surface area contributed by atoms with Gasteiger partial charge in [-0.1, -0.05) is 340 Å². The molecule has 0 aromatic carbocycles. The van der Waals surface area contributed by atoms with Crippen LogP contribution in [0.3, 0.4) is 0 Å². The van der Waals surface area contributed by atoms with E-state index < -0.39 is 12.1 Å². The minimum absolute atomic E-state index is 0.0565. The van der Waals surface area contributed by atoms with Crippen molar-refractivity contribution >= 4 is 5.91 Å². The maximum atomic E-state index is 12.5. The van der Waals surface area contributed by atoms with E-state index in [4.69, 9.17) is 0 Å². The number of hydrogen-bond acceptors (Lipinski definition) is 3. The van der Waals surface area contributed by atoms with E-state index in [9.17, 15) is 15.0 Å². The van der Waals surface area contributed by atoms with Gasteiger partial charge in [-0.3, -0.25) is 4.79 Å². The van der Waals surface area contributed by atoms with Crippen LogP contribution in [0.5, 0.6) is 0 Å². The van der Waals surface area contributed by atoms with Crippen molar-refractivity contribution in [2.45, 2.75) is 379 Å². The van der Waals surface area contributed by atoms with Crippen molar-refractivity contribution in [2.24, 2.45) is 0 Å². The Morgan fingerprint density at radius 3 is 0.797 bits per heavy atom. The van der Waals surface area contributed by atoms with Crippen molar-refractivity contribution in [1.82, 2.24) is 5.32 Å². The molecule has 4 nitrogen and oxygen atoms in total. The monoisotopic (exact) mass is 970 g/mol. The van der Waals surface area contributed by atoms with E-state index in [1.54, 1.807) is 6.08 Å². The Morgan fingerprint density at radius 1 is 0.333 bits per heavy atom. The molecular weight excluding hydrogens is 843 g/mol. The number of aliphatic hydroxyl groups is 2. The molecule has 0 aromatic heterocycles. The lowest BCUT2D eigenvalue weighted by Crippen LogP contribution is -2.45. The topological polar surface area (TPSA) is 69.6 Å². The minimum Gasteiger partial charge on any atom is -0.394 e. The van der Waals surface area contributed by atoms with E-state index in [1.807, 2.05) is 6.08 Å². The zero-order valence-corrected chi connectivity index (χ0v) is 47.4. The van der Waals surface area contributed by atoms with E-state index in [-0.39, 0.29) is 12.5 Å². The molecule has 0 saturated carbocycles. The summed E-state index contributed by atoms with van der Waals surface area (Å²) in [5, 5.41) is 23.2. The van der Waals surface area contributed by atoms with E-state index in [0.717, 1.165) is 25.7 Å². The third-order valence-electron chi connectivity index (χ3n) is 15.2. The van der Waals surface area contributed by atoms with Gasteiger partial charge in [-0.2, -0.15) is 0 Å². The fraction of sp³-hybridized carbons (Fsp3) is 0.923. The number of allylic oxidation sites excluding steroid dienone is 3. The van der Waals surface area contributed by atoms with Crippen LogP contribution in [0, 0.1) is 0 Å². The van der Waals surface area contributed by atoms with Crippen LogP contribution >= 0.6 is 0 Å². The van der Waals surface area contributed by atoms with Crippen LogP contribution in [0.25, 0.3) is 0 Å². The molecule has 2 unspecified atom stereocenters. The maximum Gasteiger partial charge on any atom is 0.220 e. The number of amides is 1. The standard InChI is InChI=1S/C65H127NO3/c1-3-5-7-9-11-13-15-17-19-21-23-25-26-27-28-29-30-31-32-33-34-35-36-37-38-39-40-41-43-45-47-49-51-53-55-57-59-61-65(69)66-63(62-67)64(68)60-58-56-54-52-50-48-46-44-42-24-22-20-18-16-14-12-10-8-6-4-2/h31-32,58,60,63-64,67-68H,3-30,33-57,59,61-62H2,1-2H3,(H,66,69)/b32-31-,60-58+. The van der Waals surface area contributed by atoms with Crippen molar-refractivity contribution in [2.75, 3.05) is 6.61 Å². The van der Waals surface area contributed by atoms with Crippen LogP contribution in [0.4, 0.5) is 0 Å². The van der Waals surface area contributed by atoms with Gasteiger partial charge in [0.05, 0.1) is 18.8 Å². The van der Waals surface area contributed by atoms with Gasteiger partial charge in [0.25, 0.3) is 0 Å². The molecule has 69 heavy (non-hydrogen) atoms. The second-order valence-electron chi connectivity index (χ2n) is 22.2. The van der Waals surface area contributed by atoms with Gasteiger partial charge in [0.1, 0.15) is 0 Å². The Hall–Kier alpha value is -1.13. The van der Waals surface area contributed by atoms with E-state index in [1.165, 1.54) is 321 Å². The van der Waals surface area contributed by atoms with E-state index in [2.05, 4.69) is 31.3 Å². The van der Waals surface area contributed by atoms with E-state index in [0.29, 0.717) is 6.42 Å². The molecule has 0 aliphatic rings. The van der Waals surface area contributed by atoms with Crippen LogP contribution in [-0.2, 0) is 4.79 Å². The molecule has 0 spiro atoms. The molecule has 1 amide bonds. The van der Waals surface area contributed by atoms with Gasteiger partial charge in [0.15, 0.2) is 0 Å². The first kappa shape index (κ1) is 67.9. The summed E-state index contributed by atoms with van der Waals surface area (Å²) in [7, 11) is 0. The van der Waals surface area contributed by atoms with Gasteiger partial charge >= 0.3 is 0 Å². The first-order chi connectivity index (χ1) is 34.2. The van der Waals surface area contributed by atoms with Crippen LogP contribution < -0.4 is 5.32 Å². The summed E-state index contributed by atoms with van der Waals surface area (Å²) in [6.45, 7) is 4.35. The molecule has 0 aromatic rings. The number of carbonyl (C=O) groups excluding carboxylic acids is 1. The molecule has 2 atom stereocenters. The molecule has 0 fully saturated rings. The zero-order valence-electron chi connectivity index (χ0n) is 47.4. The largest absolute Gasteiger partial charge is 0.394 e. The average Bonchev–Trinajstić information content (AvgIpc) is 3.35. The number of aliphatic hydroxyl groups excluding tert-OH is 2. The third-order valence-corrected chi connectivity index (χ3v) is 15.2. The molecule has 0 rings (SSSR count). The number of carbonyl (C=O) groups is 1. The van der Waals surface area contributed by atoms with Gasteiger partial charge < -0.3 is 15.5 Å². The fourth-order valence-electron chi connectivity index (χ4n) is 10.3. The Labute approximate surface area is 434 Å². The molecule has 0 radical (unpaired) electrons. The maximum absolute atomic E-state index is 12.5. The number of hydrogen-bond donors (Lipinski definition) is 3. The summed E-state index contributed by atoms with van der Waals surface area (Å²) in [5.74, 6) is -0.0565. The molecule has 3 N–H and O–H groups in total. The van der Waals surface area contributed by atoms with Crippen LogP contribution in [0.15, 0.2) is 24.3 Å². The Balaban J connectivity index is 3.40. The van der Waals surface area contributed by atoms with Crippen molar-refractivity contribution in [3.05, 3.63) is 24.3 Å². The summed E-state index contributed by atoms with van der Waals surface area (Å²) >= 11 is 0. The summed E-state index contributed by atoms with van der Waals surface area (Å²) in [5.41, 5.74) is 0. The average molecular weight is 971 g/mol. The van der Waals surface area contributed by atoms with Gasteiger partial charge in [-0.15, -0.1) is 0 Å². The highest BCUT2D eigenvalue weighted by atomic mass is 16.3. The number of rotatable bonds is 60. The summed E-state index contributed by atoms with van der Waals surface area (Å²) < 4.78 is 0. The van der Waals surface area contributed by atoms with Crippen molar-refractivity contribution in [1.29, 1.82) is 0 Å². The highest BCUT2D eigenvalue weighted by molar-refractivity contribution is 5.76. The Kier molecular flexibility index (Phi) is 60.2. The normalized spacial score (nSPS) is 12.8. The lowest BCUT2D eigenvalue weighted by molar-refractivity contribution is -0.123. The molecule has 0 aliphatic carbocycles. The summed E-state index contributed by atoms with van der Waals surface area (Å²) in [6, 6.07) is -0.620. The van der Waals surface area contributed by atoms with Crippen LogP contribution in [-0.4, -0.2) is 34.9 Å². The lowest BCUT2D eigenvalue weighted by Gasteiger charge is -2.20.